The molecule has 0 N–H and O–H groups in total. The van der Waals surface area contributed by atoms with E-state index in [2.05, 4.69) is 151 Å². The van der Waals surface area contributed by atoms with Gasteiger partial charge in [0.15, 0.2) is 0 Å². The maximum absolute atomic E-state index is 5.55. The summed E-state index contributed by atoms with van der Waals surface area (Å²) in [6, 6.07) is 1.91. The Labute approximate surface area is 246 Å². The van der Waals surface area contributed by atoms with Gasteiger partial charge in [0.25, 0.3) is 0 Å². The molecule has 3 unspecified atom stereocenters. The summed E-state index contributed by atoms with van der Waals surface area (Å²) in [5.74, 6) is 0. The SMILES string of the molecule is CC(C)(C)C1C=CCN1C(C)(C)C.CC(C)(C)C1CCCN1C(C)(C)C.CC(C)(C)C1COCN1C(C)(C)C. The lowest BCUT2D eigenvalue weighted by Crippen LogP contribution is -2.50. The van der Waals surface area contributed by atoms with Crippen molar-refractivity contribution in [3.8, 4) is 0 Å². The van der Waals surface area contributed by atoms with E-state index in [0.717, 1.165) is 25.9 Å². The van der Waals surface area contributed by atoms with Crippen LogP contribution in [0.5, 0.6) is 0 Å². The minimum absolute atomic E-state index is 0.217. The number of hydrogen-bond acceptors (Lipinski definition) is 4. The molecule has 2 saturated heterocycles. The first kappa shape index (κ1) is 36.6. The molecule has 3 rings (SSSR count). The molecule has 4 heteroatoms. The highest BCUT2D eigenvalue weighted by Gasteiger charge is 2.41. The van der Waals surface area contributed by atoms with Gasteiger partial charge in [0, 0.05) is 41.3 Å². The predicted molar refractivity (Wildman–Crippen MR) is 173 cm³/mol. The van der Waals surface area contributed by atoms with Crippen LogP contribution in [0, 0.1) is 16.2 Å². The lowest BCUT2D eigenvalue weighted by molar-refractivity contribution is 0.0437. The van der Waals surface area contributed by atoms with Crippen LogP contribution in [-0.2, 0) is 4.74 Å². The first-order chi connectivity index (χ1) is 17.2. The van der Waals surface area contributed by atoms with Gasteiger partial charge in [-0.3, -0.25) is 14.7 Å². The highest BCUT2D eigenvalue weighted by atomic mass is 16.5. The summed E-state index contributed by atoms with van der Waals surface area (Å²) in [5.41, 5.74) is 1.93. The van der Waals surface area contributed by atoms with E-state index in [-0.39, 0.29) is 11.1 Å². The fourth-order valence-electron chi connectivity index (χ4n) is 6.26. The summed E-state index contributed by atoms with van der Waals surface area (Å²) in [6.07, 6.45) is 7.40. The first-order valence-corrected chi connectivity index (χ1v) is 15.7. The molecule has 0 bridgehead atoms. The minimum Gasteiger partial charge on any atom is -0.364 e. The molecule has 3 aliphatic rings. The molecule has 4 nitrogen and oxygen atoms in total. The third-order valence-electron chi connectivity index (χ3n) is 8.56. The number of rotatable bonds is 0. The van der Waals surface area contributed by atoms with Crippen molar-refractivity contribution in [2.45, 2.75) is 172 Å². The maximum atomic E-state index is 5.55. The molecule has 0 saturated carbocycles. The quantitative estimate of drug-likeness (QED) is 0.281. The summed E-state index contributed by atoms with van der Waals surface area (Å²) in [4.78, 5) is 7.69. The second-order valence-corrected chi connectivity index (χ2v) is 18.5. The number of nitrogens with zero attached hydrogens (tertiary/aromatic N) is 3. The van der Waals surface area contributed by atoms with Crippen molar-refractivity contribution in [3.05, 3.63) is 12.2 Å². The molecule has 3 heterocycles. The van der Waals surface area contributed by atoms with Crippen LogP contribution in [-0.4, -0.2) is 75.9 Å². The molecule has 3 atom stereocenters. The van der Waals surface area contributed by atoms with Crippen molar-refractivity contribution in [3.63, 3.8) is 0 Å². The lowest BCUT2D eigenvalue weighted by atomic mass is 9.83. The highest BCUT2D eigenvalue weighted by molar-refractivity contribution is 5.11. The van der Waals surface area contributed by atoms with Crippen LogP contribution in [0.15, 0.2) is 12.2 Å². The van der Waals surface area contributed by atoms with E-state index in [0.29, 0.717) is 33.9 Å². The van der Waals surface area contributed by atoms with E-state index in [1.807, 2.05) is 0 Å². The van der Waals surface area contributed by atoms with E-state index >= 15 is 0 Å². The predicted octanol–water partition coefficient (Wildman–Crippen LogP) is 8.86. The van der Waals surface area contributed by atoms with Crippen molar-refractivity contribution in [2.75, 3.05) is 26.4 Å². The molecule has 0 aromatic rings. The normalized spacial score (nSPS) is 26.4. The van der Waals surface area contributed by atoms with Gasteiger partial charge >= 0.3 is 0 Å². The molecule has 0 aromatic heterocycles. The molecule has 232 valence electrons. The molecule has 0 aromatic carbocycles. The zero-order valence-electron chi connectivity index (χ0n) is 29.9. The van der Waals surface area contributed by atoms with Crippen molar-refractivity contribution < 1.29 is 4.74 Å². The second kappa shape index (κ2) is 12.8. The summed E-state index contributed by atoms with van der Waals surface area (Å²) in [6.45, 7) is 45.5. The van der Waals surface area contributed by atoms with Gasteiger partial charge in [-0.2, -0.15) is 0 Å². The second-order valence-electron chi connectivity index (χ2n) is 18.5. The Hall–Kier alpha value is -0.420. The summed E-state index contributed by atoms with van der Waals surface area (Å²) >= 11 is 0. The number of ether oxygens (including phenoxy) is 1. The fraction of sp³-hybridized carbons (Fsp3) is 0.943. The Balaban J connectivity index is 0.000000292. The Kier molecular flexibility index (Phi) is 12.1. The molecule has 0 amide bonds. The molecule has 2 fully saturated rings. The average molecular weight is 550 g/mol. The van der Waals surface area contributed by atoms with Gasteiger partial charge in [0.2, 0.25) is 0 Å². The molecular formula is C35H71N3O. The van der Waals surface area contributed by atoms with Gasteiger partial charge in [-0.25, -0.2) is 0 Å². The van der Waals surface area contributed by atoms with Crippen LogP contribution in [0.25, 0.3) is 0 Å². The fourth-order valence-corrected chi connectivity index (χ4v) is 6.26. The summed E-state index contributed by atoms with van der Waals surface area (Å²) in [7, 11) is 0. The van der Waals surface area contributed by atoms with Crippen molar-refractivity contribution in [1.82, 2.24) is 14.7 Å². The Bertz CT molecular complexity index is 655. The average Bonchev–Trinajstić information content (AvgIpc) is 3.45. The first-order valence-electron chi connectivity index (χ1n) is 15.7. The van der Waals surface area contributed by atoms with E-state index in [4.69, 9.17) is 4.74 Å². The van der Waals surface area contributed by atoms with E-state index in [9.17, 15) is 0 Å². The molecular weight excluding hydrogens is 478 g/mol. The van der Waals surface area contributed by atoms with Gasteiger partial charge < -0.3 is 4.74 Å². The third kappa shape index (κ3) is 11.1. The van der Waals surface area contributed by atoms with Crippen LogP contribution < -0.4 is 0 Å². The minimum atomic E-state index is 0.217. The monoisotopic (exact) mass is 550 g/mol. The lowest BCUT2D eigenvalue weighted by Gasteiger charge is -2.43. The Morgan fingerprint density at radius 3 is 1.33 bits per heavy atom. The summed E-state index contributed by atoms with van der Waals surface area (Å²) < 4.78 is 5.55. The van der Waals surface area contributed by atoms with Gasteiger partial charge in [0.1, 0.15) is 0 Å². The highest BCUT2D eigenvalue weighted by Crippen LogP contribution is 2.37. The Morgan fingerprint density at radius 2 is 1.03 bits per heavy atom. The summed E-state index contributed by atoms with van der Waals surface area (Å²) in [5, 5.41) is 0. The number of likely N-dealkylation sites (tertiary alicyclic amines) is 1. The number of hydrogen-bond donors (Lipinski definition) is 0. The molecule has 0 radical (unpaired) electrons. The topological polar surface area (TPSA) is 19.0 Å². The third-order valence-corrected chi connectivity index (χ3v) is 8.56. The maximum Gasteiger partial charge on any atom is 0.0998 e. The van der Waals surface area contributed by atoms with Crippen LogP contribution in [0.2, 0.25) is 0 Å². The van der Waals surface area contributed by atoms with Crippen molar-refractivity contribution in [1.29, 1.82) is 0 Å². The van der Waals surface area contributed by atoms with Crippen LogP contribution in [0.3, 0.4) is 0 Å². The van der Waals surface area contributed by atoms with E-state index in [1.54, 1.807) is 0 Å². The van der Waals surface area contributed by atoms with Gasteiger partial charge in [-0.05, 0) is 97.9 Å². The molecule has 0 spiro atoms. The van der Waals surface area contributed by atoms with Crippen molar-refractivity contribution in [2.24, 2.45) is 16.2 Å². The van der Waals surface area contributed by atoms with Crippen LogP contribution in [0.1, 0.15) is 137 Å². The van der Waals surface area contributed by atoms with E-state index < -0.39 is 0 Å². The van der Waals surface area contributed by atoms with Gasteiger partial charge in [0.05, 0.1) is 13.3 Å². The van der Waals surface area contributed by atoms with E-state index in [1.165, 1.54) is 19.4 Å². The van der Waals surface area contributed by atoms with Gasteiger partial charge in [-0.1, -0.05) is 74.5 Å². The van der Waals surface area contributed by atoms with Crippen LogP contribution in [0.4, 0.5) is 0 Å². The zero-order chi connectivity index (χ0) is 30.8. The van der Waals surface area contributed by atoms with Crippen LogP contribution >= 0.6 is 0 Å². The molecule has 0 aliphatic carbocycles. The standard InChI is InChI=1S/C12H25N.C12H23N.C11H23NO/c2*1-11(2,3)10-8-7-9-13(10)12(4,5)6;1-10(2,3)9-7-13-8-12(9)11(4,5)6/h10H,7-9H2,1-6H3;7-8,10H,9H2,1-6H3;9H,7-8H2,1-6H3. The zero-order valence-corrected chi connectivity index (χ0v) is 29.9. The van der Waals surface area contributed by atoms with Crippen molar-refractivity contribution >= 4 is 0 Å². The molecule has 39 heavy (non-hydrogen) atoms. The smallest absolute Gasteiger partial charge is 0.0998 e. The largest absolute Gasteiger partial charge is 0.364 e. The Morgan fingerprint density at radius 1 is 0.564 bits per heavy atom. The van der Waals surface area contributed by atoms with Gasteiger partial charge in [-0.15, -0.1) is 0 Å². The molecule has 3 aliphatic heterocycles.